The van der Waals surface area contributed by atoms with E-state index >= 15 is 0 Å². The topological polar surface area (TPSA) is 54.0 Å². The molecule has 2 heterocycles. The van der Waals surface area contributed by atoms with Crippen molar-refractivity contribution in [1.82, 2.24) is 15.6 Å². The number of hydrazine groups is 2. The second-order valence-electron chi connectivity index (χ2n) is 7.77. The Kier molecular flexibility index (Phi) is 6.99. The Bertz CT molecular complexity index is 1020. The van der Waals surface area contributed by atoms with Gasteiger partial charge in [-0.2, -0.15) is 0 Å². The predicted octanol–water partition coefficient (Wildman–Crippen LogP) is 2.91. The van der Waals surface area contributed by atoms with E-state index in [1.54, 1.807) is 19.1 Å². The highest BCUT2D eigenvalue weighted by atomic mass is 35.5. The molecule has 0 radical (unpaired) electrons. The third kappa shape index (κ3) is 5.32. The van der Waals surface area contributed by atoms with E-state index in [0.717, 1.165) is 53.6 Å². The van der Waals surface area contributed by atoms with Gasteiger partial charge in [0.25, 0.3) is 0 Å². The number of rotatable bonds is 7. The first-order valence-electron chi connectivity index (χ1n) is 10.8. The summed E-state index contributed by atoms with van der Waals surface area (Å²) < 4.78 is 10.9. The maximum Gasteiger partial charge on any atom is 0.338 e. The summed E-state index contributed by atoms with van der Waals surface area (Å²) in [6.45, 7) is 4.84. The van der Waals surface area contributed by atoms with Gasteiger partial charge in [0, 0.05) is 40.9 Å². The zero-order valence-corrected chi connectivity index (χ0v) is 18.5. The van der Waals surface area contributed by atoms with Crippen molar-refractivity contribution in [1.29, 1.82) is 0 Å². The van der Waals surface area contributed by atoms with E-state index in [2.05, 4.69) is 27.8 Å². The molecule has 2 aromatic rings. The van der Waals surface area contributed by atoms with E-state index in [1.807, 2.05) is 30.5 Å². The van der Waals surface area contributed by atoms with Crippen molar-refractivity contribution in [2.24, 2.45) is 5.92 Å². The smallest absolute Gasteiger partial charge is 0.338 e. The lowest BCUT2D eigenvalue weighted by atomic mass is 9.95. The van der Waals surface area contributed by atoms with Gasteiger partial charge in [-0.1, -0.05) is 23.7 Å². The van der Waals surface area contributed by atoms with Crippen molar-refractivity contribution in [3.63, 3.8) is 0 Å². The molecule has 4 rings (SSSR count). The van der Waals surface area contributed by atoms with Gasteiger partial charge in [-0.15, -0.1) is 0 Å². The van der Waals surface area contributed by atoms with E-state index in [-0.39, 0.29) is 5.97 Å². The molecule has 6 nitrogen and oxygen atoms in total. The molecule has 0 amide bonds. The summed E-state index contributed by atoms with van der Waals surface area (Å²) in [6.07, 6.45) is 7.34. The maximum atomic E-state index is 11.7. The van der Waals surface area contributed by atoms with Gasteiger partial charge < -0.3 is 9.47 Å². The highest BCUT2D eigenvalue weighted by molar-refractivity contribution is 6.30. The van der Waals surface area contributed by atoms with E-state index in [0.29, 0.717) is 24.7 Å². The molecule has 1 saturated heterocycles. The number of ether oxygens (including phenoxy) is 2. The molecule has 31 heavy (non-hydrogen) atoms. The minimum Gasteiger partial charge on any atom is -0.494 e. The van der Waals surface area contributed by atoms with Gasteiger partial charge in [0.1, 0.15) is 5.75 Å². The quantitative estimate of drug-likeness (QED) is 0.667. The van der Waals surface area contributed by atoms with Crippen molar-refractivity contribution in [3.8, 4) is 5.75 Å². The van der Waals surface area contributed by atoms with Crippen molar-refractivity contribution >= 4 is 30.0 Å². The second-order valence-corrected chi connectivity index (χ2v) is 8.18. The largest absolute Gasteiger partial charge is 0.494 e. The highest BCUT2D eigenvalue weighted by Gasteiger charge is 2.23. The van der Waals surface area contributed by atoms with Crippen LogP contribution in [0, 0.1) is 5.92 Å². The Morgan fingerprint density at radius 3 is 2.68 bits per heavy atom. The lowest BCUT2D eigenvalue weighted by molar-refractivity contribution is -0.0189. The van der Waals surface area contributed by atoms with Crippen molar-refractivity contribution < 1.29 is 14.3 Å². The Hall–Kier alpha value is -2.70. The number of halogens is 1. The summed E-state index contributed by atoms with van der Waals surface area (Å²) in [5.74, 6) is 1.13. The van der Waals surface area contributed by atoms with Crippen molar-refractivity contribution in [2.45, 2.75) is 26.2 Å². The van der Waals surface area contributed by atoms with Gasteiger partial charge >= 0.3 is 5.97 Å². The number of nitrogens with one attached hydrogen (secondary N) is 1. The summed E-state index contributed by atoms with van der Waals surface area (Å²) >= 11 is 6.27. The third-order valence-electron chi connectivity index (χ3n) is 5.75. The lowest BCUT2D eigenvalue weighted by Gasteiger charge is -2.39. The number of piperidine rings is 1. The standard InChI is InChI=1S/C24H28ClN3O3/c1-2-30-24(29)19-6-8-21(9-7-19)31-15-12-18-10-13-27(14-11-18)28-17-20-4-3-5-23(25)22(20)16-26-28/h3-9,16-18,26H,2,10-15H2,1H3. The van der Waals surface area contributed by atoms with Crippen LogP contribution in [0.3, 0.4) is 0 Å². The Morgan fingerprint density at radius 1 is 1.16 bits per heavy atom. The summed E-state index contributed by atoms with van der Waals surface area (Å²) in [4.78, 5) is 11.7. The Labute approximate surface area is 187 Å². The maximum absolute atomic E-state index is 11.7. The molecule has 7 heteroatoms. The molecule has 0 bridgehead atoms. The van der Waals surface area contributed by atoms with Crippen LogP contribution in [0.1, 0.15) is 36.5 Å². The molecule has 2 aliphatic heterocycles. The monoisotopic (exact) mass is 441 g/mol. The fourth-order valence-corrected chi connectivity index (χ4v) is 4.19. The minimum atomic E-state index is -0.301. The van der Waals surface area contributed by atoms with Gasteiger partial charge in [0.05, 0.1) is 18.8 Å². The van der Waals surface area contributed by atoms with E-state index in [9.17, 15) is 4.79 Å². The first-order valence-corrected chi connectivity index (χ1v) is 11.2. The number of hydrogen-bond acceptors (Lipinski definition) is 6. The predicted molar refractivity (Wildman–Crippen MR) is 121 cm³/mol. The number of esters is 1. The zero-order valence-electron chi connectivity index (χ0n) is 17.7. The number of carbonyl (C=O) groups is 1. The number of fused-ring (bicyclic) bond motifs is 1. The number of benzene rings is 2. The molecule has 0 unspecified atom stereocenters. The van der Waals surface area contributed by atoms with Crippen LogP contribution in [0.2, 0.25) is 5.02 Å². The lowest BCUT2D eigenvalue weighted by Crippen LogP contribution is -2.53. The van der Waals surface area contributed by atoms with Gasteiger partial charge in [-0.05, 0) is 62.4 Å². The van der Waals surface area contributed by atoms with Crippen LogP contribution in [-0.4, -0.2) is 42.4 Å². The summed E-state index contributed by atoms with van der Waals surface area (Å²) in [5.41, 5.74) is 3.87. The molecule has 164 valence electrons. The van der Waals surface area contributed by atoms with Crippen LogP contribution in [0.25, 0.3) is 12.4 Å². The van der Waals surface area contributed by atoms with Crippen LogP contribution in [-0.2, 0) is 4.74 Å². The van der Waals surface area contributed by atoms with Crippen LogP contribution in [0.4, 0.5) is 0 Å². The van der Waals surface area contributed by atoms with E-state index < -0.39 is 0 Å². The molecule has 0 aromatic heterocycles. The van der Waals surface area contributed by atoms with Crippen molar-refractivity contribution in [2.75, 3.05) is 26.3 Å². The molecule has 0 saturated carbocycles. The first kappa shape index (κ1) is 21.5. The fraction of sp³-hybridized carbons (Fsp3) is 0.375. The number of carbonyl (C=O) groups excluding carboxylic acids is 1. The normalized spacial score (nSPS) is 16.5. The van der Waals surface area contributed by atoms with Crippen LogP contribution in [0.5, 0.6) is 5.75 Å². The third-order valence-corrected chi connectivity index (χ3v) is 6.07. The fourth-order valence-electron chi connectivity index (χ4n) is 3.95. The summed E-state index contributed by atoms with van der Waals surface area (Å²) in [7, 11) is 0. The van der Waals surface area contributed by atoms with Crippen LogP contribution >= 0.6 is 11.6 Å². The molecular formula is C24H28ClN3O3. The number of nitrogens with zero attached hydrogens (tertiary/aromatic N) is 2. The molecule has 0 atom stereocenters. The Balaban J connectivity index is 1.22. The van der Waals surface area contributed by atoms with Gasteiger partial charge in [-0.25, -0.2) is 14.9 Å². The van der Waals surface area contributed by atoms with Crippen LogP contribution < -0.4 is 20.6 Å². The molecule has 1 N–H and O–H groups in total. The zero-order chi connectivity index (χ0) is 21.6. The summed E-state index contributed by atoms with van der Waals surface area (Å²) in [6, 6.07) is 13.1. The van der Waals surface area contributed by atoms with Gasteiger partial charge in [-0.3, -0.25) is 5.43 Å². The van der Waals surface area contributed by atoms with Crippen molar-refractivity contribution in [3.05, 3.63) is 63.5 Å². The average molecular weight is 442 g/mol. The van der Waals surface area contributed by atoms with E-state index in [1.165, 1.54) is 0 Å². The molecular weight excluding hydrogens is 414 g/mol. The molecule has 1 fully saturated rings. The van der Waals surface area contributed by atoms with E-state index in [4.69, 9.17) is 21.1 Å². The Morgan fingerprint density at radius 2 is 1.94 bits per heavy atom. The highest BCUT2D eigenvalue weighted by Crippen LogP contribution is 2.22. The van der Waals surface area contributed by atoms with Gasteiger partial charge in [0.15, 0.2) is 0 Å². The molecule has 0 aliphatic carbocycles. The summed E-state index contributed by atoms with van der Waals surface area (Å²) in [5, 5.41) is 7.30. The number of hydrogen-bond donors (Lipinski definition) is 1. The van der Waals surface area contributed by atoms with Crippen LogP contribution in [0.15, 0.2) is 42.5 Å². The second kappa shape index (κ2) is 10.1. The first-order chi connectivity index (χ1) is 15.1. The average Bonchev–Trinajstić information content (AvgIpc) is 2.80. The molecule has 2 aromatic carbocycles. The molecule has 0 spiro atoms. The van der Waals surface area contributed by atoms with Gasteiger partial charge in [0.2, 0.25) is 0 Å². The minimum absolute atomic E-state index is 0.301. The molecule has 2 aliphatic rings. The SMILES string of the molecule is CCOC(=O)c1ccc(OCCC2CCN(N3C=c4cccc(Cl)c4=CN3)CC2)cc1.